The molecule has 0 spiro atoms. The molecule has 0 saturated carbocycles. The topological polar surface area (TPSA) is 66.0 Å². The van der Waals surface area contributed by atoms with Gasteiger partial charge in [0.25, 0.3) is 0 Å². The summed E-state index contributed by atoms with van der Waals surface area (Å²) in [5.74, 6) is 0.417. The Morgan fingerprint density at radius 2 is 1.90 bits per heavy atom. The average molecular weight is 286 g/mol. The molecule has 21 heavy (non-hydrogen) atoms. The second-order valence-corrected chi connectivity index (χ2v) is 5.18. The van der Waals surface area contributed by atoms with Crippen molar-refractivity contribution in [2.75, 3.05) is 11.9 Å². The molecule has 0 aliphatic carbocycles. The largest absolute Gasteiger partial charge is 0.384 e. The summed E-state index contributed by atoms with van der Waals surface area (Å²) in [6, 6.07) is 8.25. The Labute approximate surface area is 123 Å². The van der Waals surface area contributed by atoms with E-state index in [0.29, 0.717) is 17.9 Å². The molecule has 3 N–H and O–H groups in total. The number of aryl methyl sites for hydroxylation is 2. The Bertz CT molecular complexity index is 665. The number of nitrogens with one attached hydrogen (secondary N) is 1. The highest BCUT2D eigenvalue weighted by molar-refractivity contribution is 6.01. The molecule has 4 nitrogen and oxygen atoms in total. The van der Waals surface area contributed by atoms with Gasteiger partial charge in [-0.15, -0.1) is 0 Å². The summed E-state index contributed by atoms with van der Waals surface area (Å²) in [4.78, 5) is 6.42. The fraction of sp³-hybridized carbons (Fsp3) is 0.250. The van der Waals surface area contributed by atoms with Crippen molar-refractivity contribution in [3.8, 4) is 0 Å². The monoisotopic (exact) mass is 286 g/mol. The molecule has 0 fully saturated rings. The number of nitrogens with zero attached hydrogens (tertiary/aromatic N) is 2. The number of benzene rings is 1. The number of amidine groups is 1. The summed E-state index contributed by atoms with van der Waals surface area (Å²) in [7, 11) is 1.89. The van der Waals surface area contributed by atoms with E-state index in [2.05, 4.69) is 4.98 Å². The number of nitrogen functional groups attached to an aromatic ring is 1. The van der Waals surface area contributed by atoms with Crippen LogP contribution >= 0.6 is 0 Å². The van der Waals surface area contributed by atoms with Crippen LogP contribution in [0.4, 0.5) is 10.2 Å². The minimum atomic E-state index is -0.254. The number of anilines is 1. The third-order valence-corrected chi connectivity index (χ3v) is 3.29. The number of nitrogens with two attached hydrogens (primary N) is 1. The predicted octanol–water partition coefficient (Wildman–Crippen LogP) is 2.76. The van der Waals surface area contributed by atoms with Crippen LogP contribution in [0.25, 0.3) is 0 Å². The van der Waals surface area contributed by atoms with Gasteiger partial charge in [-0.3, -0.25) is 5.41 Å². The van der Waals surface area contributed by atoms with Crippen molar-refractivity contribution in [1.29, 1.82) is 5.41 Å². The zero-order valence-corrected chi connectivity index (χ0v) is 12.4. The molecular weight excluding hydrogens is 267 g/mol. The zero-order chi connectivity index (χ0) is 15.6. The molecule has 1 heterocycles. The van der Waals surface area contributed by atoms with Crippen molar-refractivity contribution in [2.24, 2.45) is 5.73 Å². The number of pyridine rings is 1. The Balaban J connectivity index is 2.36. The lowest BCUT2D eigenvalue weighted by atomic mass is 10.1. The van der Waals surface area contributed by atoms with Gasteiger partial charge in [0.2, 0.25) is 0 Å². The predicted molar refractivity (Wildman–Crippen MR) is 83.2 cm³/mol. The summed E-state index contributed by atoms with van der Waals surface area (Å²) >= 11 is 0. The molecule has 0 unspecified atom stereocenters. The van der Waals surface area contributed by atoms with Crippen LogP contribution in [0.5, 0.6) is 0 Å². The number of rotatable bonds is 4. The average Bonchev–Trinajstić information content (AvgIpc) is 2.39. The van der Waals surface area contributed by atoms with E-state index >= 15 is 0 Å². The lowest BCUT2D eigenvalue weighted by Crippen LogP contribution is -2.24. The number of aromatic nitrogens is 1. The highest BCUT2D eigenvalue weighted by Gasteiger charge is 2.15. The van der Waals surface area contributed by atoms with Crippen LogP contribution in [0.15, 0.2) is 30.3 Å². The smallest absolute Gasteiger partial charge is 0.140 e. The minimum absolute atomic E-state index is 0.000885. The summed E-state index contributed by atoms with van der Waals surface area (Å²) in [6.45, 7) is 4.39. The first kappa shape index (κ1) is 15.0. The number of hydrogen-bond donors (Lipinski definition) is 2. The maximum atomic E-state index is 13.0. The summed E-state index contributed by atoms with van der Waals surface area (Å²) in [5.41, 5.74) is 9.09. The SMILES string of the molecule is Cc1cc(C)c(C(=N)N)c(N(C)Cc2ccc(F)cc2)n1. The van der Waals surface area contributed by atoms with E-state index in [0.717, 1.165) is 16.8 Å². The maximum Gasteiger partial charge on any atom is 0.140 e. The Hall–Kier alpha value is -2.43. The normalized spacial score (nSPS) is 10.5. The van der Waals surface area contributed by atoms with Crippen LogP contribution in [0.1, 0.15) is 22.4 Å². The first-order valence-electron chi connectivity index (χ1n) is 6.66. The molecular formula is C16H19FN4. The van der Waals surface area contributed by atoms with Gasteiger partial charge in [-0.25, -0.2) is 9.37 Å². The fourth-order valence-corrected chi connectivity index (χ4v) is 2.36. The molecule has 0 aliphatic heterocycles. The Morgan fingerprint density at radius 1 is 1.29 bits per heavy atom. The highest BCUT2D eigenvalue weighted by atomic mass is 19.1. The molecule has 0 saturated heterocycles. The van der Waals surface area contributed by atoms with E-state index < -0.39 is 0 Å². The molecule has 110 valence electrons. The molecule has 1 aromatic heterocycles. The first-order valence-corrected chi connectivity index (χ1v) is 6.66. The lowest BCUT2D eigenvalue weighted by Gasteiger charge is -2.22. The molecule has 0 amide bonds. The summed E-state index contributed by atoms with van der Waals surface area (Å²) in [6.07, 6.45) is 0. The van der Waals surface area contributed by atoms with Crippen molar-refractivity contribution in [3.05, 3.63) is 58.5 Å². The standard InChI is InChI=1S/C16H19FN4/c1-10-8-11(2)20-16(14(10)15(18)19)21(3)9-12-4-6-13(17)7-5-12/h4-8H,9H2,1-3H3,(H3,18,19). The molecule has 0 atom stereocenters. The van der Waals surface area contributed by atoms with Crippen molar-refractivity contribution in [2.45, 2.75) is 20.4 Å². The molecule has 2 rings (SSSR count). The highest BCUT2D eigenvalue weighted by Crippen LogP contribution is 2.22. The molecule has 0 radical (unpaired) electrons. The summed E-state index contributed by atoms with van der Waals surface area (Å²) in [5, 5.41) is 7.75. The third kappa shape index (κ3) is 3.37. The van der Waals surface area contributed by atoms with E-state index in [4.69, 9.17) is 11.1 Å². The zero-order valence-electron chi connectivity index (χ0n) is 12.4. The molecule has 0 bridgehead atoms. The minimum Gasteiger partial charge on any atom is -0.384 e. The van der Waals surface area contributed by atoms with Crippen molar-refractivity contribution in [3.63, 3.8) is 0 Å². The molecule has 5 heteroatoms. The van der Waals surface area contributed by atoms with Gasteiger partial charge in [-0.2, -0.15) is 0 Å². The quantitative estimate of drug-likeness (QED) is 0.671. The number of hydrogen-bond acceptors (Lipinski definition) is 3. The van der Waals surface area contributed by atoms with E-state index in [-0.39, 0.29) is 11.7 Å². The van der Waals surface area contributed by atoms with Gasteiger partial charge < -0.3 is 10.6 Å². The Morgan fingerprint density at radius 3 is 2.48 bits per heavy atom. The van der Waals surface area contributed by atoms with Gasteiger partial charge in [-0.05, 0) is 43.2 Å². The second kappa shape index (κ2) is 5.91. The van der Waals surface area contributed by atoms with E-state index in [1.54, 1.807) is 12.1 Å². The first-order chi connectivity index (χ1) is 9.88. The molecule has 2 aromatic rings. The van der Waals surface area contributed by atoms with E-state index in [9.17, 15) is 4.39 Å². The van der Waals surface area contributed by atoms with Crippen LogP contribution in [-0.4, -0.2) is 17.9 Å². The Kier molecular flexibility index (Phi) is 4.21. The third-order valence-electron chi connectivity index (χ3n) is 3.29. The van der Waals surface area contributed by atoms with Gasteiger partial charge in [0.15, 0.2) is 0 Å². The lowest BCUT2D eigenvalue weighted by molar-refractivity contribution is 0.627. The van der Waals surface area contributed by atoms with Crippen molar-refractivity contribution < 1.29 is 4.39 Å². The van der Waals surface area contributed by atoms with Crippen LogP contribution in [0.2, 0.25) is 0 Å². The van der Waals surface area contributed by atoms with Gasteiger partial charge in [0, 0.05) is 19.3 Å². The van der Waals surface area contributed by atoms with Gasteiger partial charge in [0.1, 0.15) is 17.5 Å². The van der Waals surface area contributed by atoms with Gasteiger partial charge in [-0.1, -0.05) is 12.1 Å². The summed E-state index contributed by atoms with van der Waals surface area (Å²) < 4.78 is 13.0. The van der Waals surface area contributed by atoms with E-state index in [1.165, 1.54) is 12.1 Å². The van der Waals surface area contributed by atoms with Crippen LogP contribution < -0.4 is 10.6 Å². The van der Waals surface area contributed by atoms with Gasteiger partial charge in [0.05, 0.1) is 5.56 Å². The maximum absolute atomic E-state index is 13.0. The molecule has 1 aromatic carbocycles. The number of halogens is 1. The fourth-order valence-electron chi connectivity index (χ4n) is 2.36. The van der Waals surface area contributed by atoms with Crippen molar-refractivity contribution in [1.82, 2.24) is 4.98 Å². The van der Waals surface area contributed by atoms with Crippen LogP contribution in [0, 0.1) is 25.1 Å². The van der Waals surface area contributed by atoms with Gasteiger partial charge >= 0.3 is 0 Å². The van der Waals surface area contributed by atoms with Crippen LogP contribution in [-0.2, 0) is 6.54 Å². The van der Waals surface area contributed by atoms with Crippen molar-refractivity contribution >= 4 is 11.7 Å². The van der Waals surface area contributed by atoms with Crippen LogP contribution in [0.3, 0.4) is 0 Å². The van der Waals surface area contributed by atoms with E-state index in [1.807, 2.05) is 31.9 Å². The second-order valence-electron chi connectivity index (χ2n) is 5.18. The molecule has 0 aliphatic rings.